The number of hydrogen-bond donors (Lipinski definition) is 0. The van der Waals surface area contributed by atoms with Crippen molar-refractivity contribution < 1.29 is 0 Å². The van der Waals surface area contributed by atoms with E-state index in [4.69, 9.17) is 0 Å². The van der Waals surface area contributed by atoms with Crippen molar-refractivity contribution in [1.29, 1.82) is 0 Å². The largest absolute Gasteiger partial charge is 0.264 e. The second-order valence-corrected chi connectivity index (χ2v) is 3.04. The molecule has 0 spiro atoms. The molecule has 1 heteroatoms. The molecule has 2 rings (SSSR count). The maximum Gasteiger partial charge on any atom is 0.0343 e. The average Bonchev–Trinajstić information content (AvgIpc) is 2.06. The minimum atomic E-state index is 0.665. The molecule has 1 aliphatic carbocycles. The van der Waals surface area contributed by atoms with Gasteiger partial charge < -0.3 is 0 Å². The molecule has 56 valence electrons. The molecular formula is C10H11N. The first kappa shape index (κ1) is 6.59. The second kappa shape index (κ2) is 2.50. The fourth-order valence-corrected chi connectivity index (χ4v) is 1.53. The molecule has 0 saturated carbocycles. The van der Waals surface area contributed by atoms with Gasteiger partial charge in [-0.25, -0.2) is 0 Å². The van der Waals surface area contributed by atoms with Crippen LogP contribution in [0.1, 0.15) is 30.4 Å². The van der Waals surface area contributed by atoms with E-state index >= 15 is 0 Å². The Bertz CT molecular complexity index is 289. The second-order valence-electron chi connectivity index (χ2n) is 3.04. The Labute approximate surface area is 66.8 Å². The number of pyridine rings is 1. The Morgan fingerprint density at radius 3 is 3.27 bits per heavy atom. The van der Waals surface area contributed by atoms with Crippen LogP contribution in [0.3, 0.4) is 0 Å². The summed E-state index contributed by atoms with van der Waals surface area (Å²) in [6, 6.07) is 2.11. The molecule has 1 atom stereocenters. The summed E-state index contributed by atoms with van der Waals surface area (Å²) in [5.74, 6) is 0.665. The van der Waals surface area contributed by atoms with E-state index in [9.17, 15) is 0 Å². The quantitative estimate of drug-likeness (QED) is 0.546. The maximum atomic E-state index is 4.08. The number of nitrogens with zero attached hydrogens (tertiary/aromatic N) is 1. The molecule has 0 aliphatic heterocycles. The first-order chi connectivity index (χ1) is 5.38. The van der Waals surface area contributed by atoms with Crippen molar-refractivity contribution in [3.05, 3.63) is 35.7 Å². The van der Waals surface area contributed by atoms with Crippen LogP contribution in [-0.2, 0) is 0 Å². The molecule has 0 amide bonds. The van der Waals surface area contributed by atoms with Crippen LogP contribution in [0.5, 0.6) is 0 Å². The van der Waals surface area contributed by atoms with E-state index in [0.29, 0.717) is 5.92 Å². The van der Waals surface area contributed by atoms with Gasteiger partial charge in [-0.05, 0) is 29.5 Å². The molecule has 11 heavy (non-hydrogen) atoms. The molecule has 1 unspecified atom stereocenters. The van der Waals surface area contributed by atoms with Gasteiger partial charge in [-0.1, -0.05) is 19.1 Å². The third-order valence-electron chi connectivity index (χ3n) is 2.21. The highest BCUT2D eigenvalue weighted by atomic mass is 14.6. The third kappa shape index (κ3) is 1.07. The standard InChI is InChI=1S/C10H11N/c1-8-3-2-4-9-7-11-6-5-10(8)9/h2,4-8H,3H2,1H3. The maximum absolute atomic E-state index is 4.08. The van der Waals surface area contributed by atoms with E-state index in [2.05, 4.69) is 30.1 Å². The summed E-state index contributed by atoms with van der Waals surface area (Å²) in [7, 11) is 0. The SMILES string of the molecule is CC1CC=Cc2cnccc21. The lowest BCUT2D eigenvalue weighted by Crippen LogP contribution is -1.99. The van der Waals surface area contributed by atoms with Gasteiger partial charge in [0.05, 0.1) is 0 Å². The van der Waals surface area contributed by atoms with Gasteiger partial charge in [0.1, 0.15) is 0 Å². The molecule has 1 nitrogen and oxygen atoms in total. The van der Waals surface area contributed by atoms with Crippen molar-refractivity contribution in [3.8, 4) is 0 Å². The molecule has 0 bridgehead atoms. The summed E-state index contributed by atoms with van der Waals surface area (Å²) in [4.78, 5) is 4.08. The first-order valence-electron chi connectivity index (χ1n) is 3.98. The van der Waals surface area contributed by atoms with Crippen molar-refractivity contribution in [3.63, 3.8) is 0 Å². The van der Waals surface area contributed by atoms with E-state index < -0.39 is 0 Å². The summed E-state index contributed by atoms with van der Waals surface area (Å²) < 4.78 is 0. The van der Waals surface area contributed by atoms with Crippen LogP contribution in [0.25, 0.3) is 6.08 Å². The fraction of sp³-hybridized carbons (Fsp3) is 0.300. The molecule has 0 fully saturated rings. The summed E-state index contributed by atoms with van der Waals surface area (Å²) in [6.45, 7) is 2.25. The molecule has 1 heterocycles. The van der Waals surface area contributed by atoms with Gasteiger partial charge >= 0.3 is 0 Å². The van der Waals surface area contributed by atoms with Crippen LogP contribution >= 0.6 is 0 Å². The monoisotopic (exact) mass is 145 g/mol. The Morgan fingerprint density at radius 1 is 1.55 bits per heavy atom. The van der Waals surface area contributed by atoms with Crippen LogP contribution in [0.2, 0.25) is 0 Å². The summed E-state index contributed by atoms with van der Waals surface area (Å²) in [6.07, 6.45) is 9.34. The minimum Gasteiger partial charge on any atom is -0.264 e. The van der Waals surface area contributed by atoms with Gasteiger partial charge in [0.2, 0.25) is 0 Å². The summed E-state index contributed by atoms with van der Waals surface area (Å²) >= 11 is 0. The number of allylic oxidation sites excluding steroid dienone is 1. The van der Waals surface area contributed by atoms with Crippen molar-refractivity contribution in [1.82, 2.24) is 4.98 Å². The normalized spacial score (nSPS) is 21.4. The third-order valence-corrected chi connectivity index (χ3v) is 2.21. The van der Waals surface area contributed by atoms with Crippen LogP contribution in [-0.4, -0.2) is 4.98 Å². The van der Waals surface area contributed by atoms with Crippen LogP contribution < -0.4 is 0 Å². The van der Waals surface area contributed by atoms with Gasteiger partial charge in [-0.15, -0.1) is 0 Å². The van der Waals surface area contributed by atoms with E-state index in [1.54, 1.807) is 0 Å². The van der Waals surface area contributed by atoms with Crippen LogP contribution in [0.15, 0.2) is 24.5 Å². The smallest absolute Gasteiger partial charge is 0.0343 e. The molecule has 1 aromatic rings. The fourth-order valence-electron chi connectivity index (χ4n) is 1.53. The van der Waals surface area contributed by atoms with Gasteiger partial charge in [-0.2, -0.15) is 0 Å². The Kier molecular flexibility index (Phi) is 1.50. The van der Waals surface area contributed by atoms with E-state index in [-0.39, 0.29) is 0 Å². The minimum absolute atomic E-state index is 0.665. The Balaban J connectivity index is 2.54. The molecule has 0 N–H and O–H groups in total. The first-order valence-corrected chi connectivity index (χ1v) is 3.98. The summed E-state index contributed by atoms with van der Waals surface area (Å²) in [5.41, 5.74) is 2.72. The van der Waals surface area contributed by atoms with Crippen molar-refractivity contribution in [2.45, 2.75) is 19.3 Å². The van der Waals surface area contributed by atoms with Gasteiger partial charge in [-0.3, -0.25) is 4.98 Å². The van der Waals surface area contributed by atoms with Gasteiger partial charge in [0.25, 0.3) is 0 Å². The van der Waals surface area contributed by atoms with Gasteiger partial charge in [0, 0.05) is 12.4 Å². The average molecular weight is 145 g/mol. The lowest BCUT2D eigenvalue weighted by molar-refractivity contribution is 0.769. The van der Waals surface area contributed by atoms with Crippen molar-refractivity contribution in [2.24, 2.45) is 0 Å². The van der Waals surface area contributed by atoms with Crippen molar-refractivity contribution >= 4 is 6.08 Å². The number of rotatable bonds is 0. The highest BCUT2D eigenvalue weighted by molar-refractivity contribution is 5.56. The van der Waals surface area contributed by atoms with Crippen molar-refractivity contribution in [2.75, 3.05) is 0 Å². The highest BCUT2D eigenvalue weighted by Crippen LogP contribution is 2.27. The van der Waals surface area contributed by atoms with E-state index in [1.807, 2.05) is 12.4 Å². The predicted molar refractivity (Wildman–Crippen MR) is 46.3 cm³/mol. The molecule has 1 aliphatic rings. The Hall–Kier alpha value is -1.11. The predicted octanol–water partition coefficient (Wildman–Crippen LogP) is 2.60. The summed E-state index contributed by atoms with van der Waals surface area (Å²) in [5, 5.41) is 0. The lowest BCUT2D eigenvalue weighted by Gasteiger charge is -2.16. The van der Waals surface area contributed by atoms with Crippen LogP contribution in [0.4, 0.5) is 0 Å². The highest BCUT2D eigenvalue weighted by Gasteiger charge is 2.10. The molecule has 0 aromatic carbocycles. The topological polar surface area (TPSA) is 12.9 Å². The van der Waals surface area contributed by atoms with E-state index in [0.717, 1.165) is 6.42 Å². The van der Waals surface area contributed by atoms with Crippen LogP contribution in [0, 0.1) is 0 Å². The Morgan fingerprint density at radius 2 is 2.45 bits per heavy atom. The number of hydrogen-bond acceptors (Lipinski definition) is 1. The van der Waals surface area contributed by atoms with E-state index in [1.165, 1.54) is 11.1 Å². The van der Waals surface area contributed by atoms with Gasteiger partial charge in [0.15, 0.2) is 0 Å². The molecule has 0 radical (unpaired) electrons. The lowest BCUT2D eigenvalue weighted by atomic mass is 9.90. The zero-order valence-corrected chi connectivity index (χ0v) is 6.62. The zero-order chi connectivity index (χ0) is 7.68. The number of aromatic nitrogens is 1. The number of fused-ring (bicyclic) bond motifs is 1. The molecule has 0 saturated heterocycles. The molecular weight excluding hydrogens is 134 g/mol. The zero-order valence-electron chi connectivity index (χ0n) is 6.62. The molecule has 1 aromatic heterocycles.